The van der Waals surface area contributed by atoms with Gasteiger partial charge in [-0.05, 0) is 112 Å². The van der Waals surface area contributed by atoms with Gasteiger partial charge in [0.05, 0.1) is 44.1 Å². The predicted molar refractivity (Wildman–Crippen MR) is 222 cm³/mol. The maximum absolute atomic E-state index is 11.3. The van der Waals surface area contributed by atoms with Crippen LogP contribution in [-0.2, 0) is 19.1 Å². The monoisotopic (exact) mass is 818 g/mol. The standard InChI is InChI=1S/C17H16O4.C16H14O4.C12H9BrO2/c1-3-21-17(19)9-5-12-4-7-14-13(10-12)6-8-16(20-2)15(14)11-18;1-2-20-16(19)8-4-11-3-6-13-12(9-11)5-7-15(18)14(13)10-17;1-15-12-5-2-8-6-9(13)3-4-10(8)11(12)7-14/h4-11H,3H2,1-2H3;3-10,18H,2H2,1H3;2-7H,1H3/b9-5+;8-4+;. The molecule has 0 saturated carbocycles. The Morgan fingerprint density at radius 3 is 1.41 bits per heavy atom. The van der Waals surface area contributed by atoms with E-state index in [0.29, 0.717) is 47.5 Å². The van der Waals surface area contributed by atoms with Gasteiger partial charge >= 0.3 is 11.9 Å². The number of esters is 2. The van der Waals surface area contributed by atoms with Gasteiger partial charge in [-0.3, -0.25) is 14.4 Å². The number of carbonyl (C=O) groups excluding carboxylic acids is 5. The Morgan fingerprint density at radius 1 is 0.571 bits per heavy atom. The summed E-state index contributed by atoms with van der Waals surface area (Å²) >= 11 is 3.39. The quantitative estimate of drug-likeness (QED) is 0.0763. The number of hydrogen-bond acceptors (Lipinski definition) is 10. The van der Waals surface area contributed by atoms with E-state index in [0.717, 1.165) is 55.1 Å². The van der Waals surface area contributed by atoms with Gasteiger partial charge in [0.1, 0.15) is 17.2 Å². The van der Waals surface area contributed by atoms with Crippen LogP contribution in [0, 0.1) is 0 Å². The molecule has 0 atom stereocenters. The Kier molecular flexibility index (Phi) is 15.6. The van der Waals surface area contributed by atoms with E-state index in [4.69, 9.17) is 18.9 Å². The Hall–Kier alpha value is -6.59. The van der Waals surface area contributed by atoms with E-state index in [1.54, 1.807) is 63.4 Å². The van der Waals surface area contributed by atoms with E-state index in [-0.39, 0.29) is 17.3 Å². The lowest BCUT2D eigenvalue weighted by atomic mass is 10.0. The second kappa shape index (κ2) is 20.8. The first-order valence-corrected chi connectivity index (χ1v) is 18.1. The zero-order chi connectivity index (χ0) is 40.6. The van der Waals surface area contributed by atoms with Gasteiger partial charge in [-0.1, -0.05) is 64.5 Å². The number of carbonyl (C=O) groups is 5. The fourth-order valence-electron chi connectivity index (χ4n) is 5.66. The van der Waals surface area contributed by atoms with Crippen LogP contribution in [0.25, 0.3) is 44.5 Å². The number of rotatable bonds is 11. The molecule has 0 aliphatic rings. The molecular formula is C45H39BrO10. The van der Waals surface area contributed by atoms with Crippen LogP contribution in [0.4, 0.5) is 0 Å². The molecule has 6 aromatic carbocycles. The van der Waals surface area contributed by atoms with E-state index in [9.17, 15) is 29.1 Å². The lowest BCUT2D eigenvalue weighted by Crippen LogP contribution is -1.98. The first-order valence-electron chi connectivity index (χ1n) is 17.3. The molecule has 0 spiro atoms. The summed E-state index contributed by atoms with van der Waals surface area (Å²) in [4.78, 5) is 55.7. The predicted octanol–water partition coefficient (Wildman–Crippen LogP) is 9.59. The van der Waals surface area contributed by atoms with Crippen LogP contribution in [0.15, 0.2) is 108 Å². The van der Waals surface area contributed by atoms with Gasteiger partial charge in [-0.2, -0.15) is 0 Å². The molecule has 1 N–H and O–H groups in total. The fraction of sp³-hybridized carbons (Fsp3) is 0.133. The van der Waals surface area contributed by atoms with Crippen molar-refractivity contribution in [3.05, 3.63) is 135 Å². The van der Waals surface area contributed by atoms with E-state index in [1.807, 2.05) is 54.6 Å². The summed E-state index contributed by atoms with van der Waals surface area (Å²) in [5, 5.41) is 14.8. The summed E-state index contributed by atoms with van der Waals surface area (Å²) in [6, 6.07) is 27.3. The van der Waals surface area contributed by atoms with Crippen LogP contribution in [0.5, 0.6) is 17.2 Å². The van der Waals surface area contributed by atoms with Crippen molar-refractivity contribution in [3.63, 3.8) is 0 Å². The summed E-state index contributed by atoms with van der Waals surface area (Å²) < 4.78 is 20.9. The maximum atomic E-state index is 11.3. The van der Waals surface area contributed by atoms with Crippen molar-refractivity contribution in [2.45, 2.75) is 13.8 Å². The topological polar surface area (TPSA) is 142 Å². The molecule has 0 saturated heterocycles. The SMILES string of the molecule is CCOC(=O)/C=C/c1ccc2c(C=O)c(O)ccc2c1.CCOC(=O)/C=C/c1ccc2c(C=O)c(OC)ccc2c1.COc1ccc2cc(Br)ccc2c1C=O. The Balaban J connectivity index is 0.000000189. The van der Waals surface area contributed by atoms with E-state index >= 15 is 0 Å². The van der Waals surface area contributed by atoms with Crippen molar-refractivity contribution < 1.29 is 48.0 Å². The molecule has 6 rings (SSSR count). The first-order chi connectivity index (χ1) is 27.1. The molecule has 56 heavy (non-hydrogen) atoms. The molecule has 0 aromatic heterocycles. The summed E-state index contributed by atoms with van der Waals surface area (Å²) in [5.74, 6) is 0.349. The van der Waals surface area contributed by atoms with Gasteiger partial charge in [0, 0.05) is 16.6 Å². The lowest BCUT2D eigenvalue weighted by molar-refractivity contribution is -0.138. The molecule has 0 heterocycles. The van der Waals surface area contributed by atoms with Gasteiger partial charge in [0.15, 0.2) is 18.9 Å². The minimum Gasteiger partial charge on any atom is -0.507 e. The minimum absolute atomic E-state index is 0.0395. The fourth-order valence-corrected chi connectivity index (χ4v) is 6.04. The van der Waals surface area contributed by atoms with E-state index in [2.05, 4.69) is 15.9 Å². The highest BCUT2D eigenvalue weighted by molar-refractivity contribution is 9.10. The van der Waals surface area contributed by atoms with Crippen LogP contribution in [-0.4, -0.2) is 63.3 Å². The van der Waals surface area contributed by atoms with Crippen molar-refractivity contribution in [3.8, 4) is 17.2 Å². The maximum Gasteiger partial charge on any atom is 0.330 e. The number of fused-ring (bicyclic) bond motifs is 3. The molecule has 6 aromatic rings. The van der Waals surface area contributed by atoms with Crippen LogP contribution >= 0.6 is 15.9 Å². The molecule has 0 bridgehead atoms. The van der Waals surface area contributed by atoms with Crippen LogP contribution in [0.1, 0.15) is 56.0 Å². The molecule has 286 valence electrons. The Bertz CT molecular complexity index is 2450. The zero-order valence-corrected chi connectivity index (χ0v) is 32.7. The summed E-state index contributed by atoms with van der Waals surface area (Å²) in [6.07, 6.45) is 8.31. The largest absolute Gasteiger partial charge is 0.507 e. The third kappa shape index (κ3) is 10.8. The third-order valence-electron chi connectivity index (χ3n) is 8.28. The normalized spacial score (nSPS) is 10.7. The van der Waals surface area contributed by atoms with Gasteiger partial charge in [0.2, 0.25) is 0 Å². The van der Waals surface area contributed by atoms with Crippen LogP contribution in [0.2, 0.25) is 0 Å². The van der Waals surface area contributed by atoms with E-state index in [1.165, 1.54) is 25.3 Å². The third-order valence-corrected chi connectivity index (χ3v) is 8.78. The minimum atomic E-state index is -0.396. The second-order valence-corrected chi connectivity index (χ2v) is 12.6. The molecule has 0 aliphatic heterocycles. The lowest BCUT2D eigenvalue weighted by Gasteiger charge is -2.07. The first kappa shape index (κ1) is 42.2. The van der Waals surface area contributed by atoms with Gasteiger partial charge in [-0.25, -0.2) is 9.59 Å². The van der Waals surface area contributed by atoms with Crippen LogP contribution in [0.3, 0.4) is 0 Å². The molecule has 0 amide bonds. The second-order valence-electron chi connectivity index (χ2n) is 11.7. The smallest absolute Gasteiger partial charge is 0.330 e. The van der Waals surface area contributed by atoms with Gasteiger partial charge in [-0.15, -0.1) is 0 Å². The van der Waals surface area contributed by atoms with Gasteiger partial charge < -0.3 is 24.1 Å². The molecule has 10 nitrogen and oxygen atoms in total. The average Bonchev–Trinajstić information content (AvgIpc) is 3.21. The van der Waals surface area contributed by atoms with Gasteiger partial charge in [0.25, 0.3) is 0 Å². The van der Waals surface area contributed by atoms with Crippen molar-refractivity contribution in [2.24, 2.45) is 0 Å². The van der Waals surface area contributed by atoms with Crippen molar-refractivity contribution in [1.82, 2.24) is 0 Å². The molecular weight excluding hydrogens is 780 g/mol. The highest BCUT2D eigenvalue weighted by Crippen LogP contribution is 2.30. The Labute approximate surface area is 332 Å². The van der Waals surface area contributed by atoms with E-state index < -0.39 is 5.97 Å². The summed E-state index contributed by atoms with van der Waals surface area (Å²) in [5.41, 5.74) is 3.06. The number of hydrogen-bond donors (Lipinski definition) is 1. The number of halogens is 1. The average molecular weight is 820 g/mol. The molecule has 11 heteroatoms. The number of ether oxygens (including phenoxy) is 4. The Morgan fingerprint density at radius 2 is 0.982 bits per heavy atom. The molecule has 0 radical (unpaired) electrons. The number of methoxy groups -OCH3 is 2. The molecule has 0 unspecified atom stereocenters. The van der Waals surface area contributed by atoms with Crippen LogP contribution < -0.4 is 9.47 Å². The summed E-state index contributed by atoms with van der Waals surface area (Å²) in [6.45, 7) is 4.19. The number of aldehydes is 3. The number of phenols is 1. The number of aromatic hydroxyl groups is 1. The highest BCUT2D eigenvalue weighted by atomic mass is 79.9. The van der Waals surface area contributed by atoms with Crippen molar-refractivity contribution >= 4 is 91.2 Å². The summed E-state index contributed by atoms with van der Waals surface area (Å²) in [7, 11) is 3.09. The molecule has 0 aliphatic carbocycles. The molecule has 0 fully saturated rings. The number of benzene rings is 6. The van der Waals surface area contributed by atoms with Crippen molar-refractivity contribution in [2.75, 3.05) is 27.4 Å². The van der Waals surface area contributed by atoms with Crippen molar-refractivity contribution in [1.29, 1.82) is 0 Å². The number of phenolic OH excluding ortho intramolecular Hbond substituents is 1. The zero-order valence-electron chi connectivity index (χ0n) is 31.1. The highest BCUT2D eigenvalue weighted by Gasteiger charge is 2.09.